The molecule has 0 radical (unpaired) electrons. The fourth-order valence-electron chi connectivity index (χ4n) is 4.87. The lowest BCUT2D eigenvalue weighted by Gasteiger charge is -2.34. The summed E-state index contributed by atoms with van der Waals surface area (Å²) in [5, 5.41) is 10.4. The Morgan fingerprint density at radius 2 is 1.54 bits per heavy atom. The number of benzene rings is 1. The molecule has 1 saturated heterocycles. The predicted molar refractivity (Wildman–Crippen MR) is 168 cm³/mol. The van der Waals surface area contributed by atoms with Crippen molar-refractivity contribution in [1.29, 1.82) is 0 Å². The normalized spacial score (nSPS) is 14.2. The Labute approximate surface area is 294 Å². The molecule has 5 heterocycles. The van der Waals surface area contributed by atoms with E-state index in [0.717, 1.165) is 22.5 Å². The molecule has 6 bridgehead atoms. The molecule has 1 fully saturated rings. The summed E-state index contributed by atoms with van der Waals surface area (Å²) in [6.45, 7) is 1.53. The maximum Gasteiger partial charge on any atom is 0.458 e. The number of alkyl halides is 6. The summed E-state index contributed by atoms with van der Waals surface area (Å²) in [7, 11) is 0. The molecule has 274 valence electrons. The molecule has 2 aliphatic heterocycles. The third-order valence-electron chi connectivity index (χ3n) is 7.44. The van der Waals surface area contributed by atoms with Gasteiger partial charge in [-0.2, -0.15) is 31.3 Å². The monoisotopic (exact) mass is 754 g/mol. The Morgan fingerprint density at radius 1 is 0.846 bits per heavy atom. The van der Waals surface area contributed by atoms with Crippen LogP contribution in [0.5, 0.6) is 5.75 Å². The summed E-state index contributed by atoms with van der Waals surface area (Å²) in [4.78, 5) is 61.1. The van der Waals surface area contributed by atoms with E-state index in [1.165, 1.54) is 18.5 Å². The number of anilines is 4. The maximum atomic E-state index is 13.0. The highest BCUT2D eigenvalue weighted by atomic mass is 35.5. The summed E-state index contributed by atoms with van der Waals surface area (Å²) in [6, 6.07) is 9.18. The molecule has 3 aromatic heterocycles. The number of hydrogen-bond donors (Lipinski definition) is 2. The minimum atomic E-state index is -5.77. The molecule has 4 aromatic rings. The average Bonchev–Trinajstić information content (AvgIpc) is 3.65. The Balaban J connectivity index is 0.000000376. The lowest BCUT2D eigenvalue weighted by molar-refractivity contribution is -0.193. The van der Waals surface area contributed by atoms with Gasteiger partial charge in [-0.1, -0.05) is 16.8 Å². The zero-order valence-electron chi connectivity index (χ0n) is 26.4. The summed E-state index contributed by atoms with van der Waals surface area (Å²) >= 11 is 6.35. The minimum absolute atomic E-state index is 0.113. The van der Waals surface area contributed by atoms with Crippen molar-refractivity contribution >= 4 is 58.1 Å². The molecule has 2 N–H and O–H groups in total. The molecular formula is C31H25ClF6N8O6. The van der Waals surface area contributed by atoms with Gasteiger partial charge in [0.15, 0.2) is 12.4 Å². The number of ketones is 2. The molecule has 14 nitrogen and oxygen atoms in total. The third-order valence-corrected chi connectivity index (χ3v) is 7.72. The van der Waals surface area contributed by atoms with Crippen LogP contribution < -0.4 is 15.4 Å². The number of fused-ring (bicyclic) bond motifs is 6. The Kier molecular flexibility index (Phi) is 11.3. The van der Waals surface area contributed by atoms with Crippen LogP contribution in [0.4, 0.5) is 49.5 Å². The Hall–Kier alpha value is -5.79. The third kappa shape index (κ3) is 9.50. The van der Waals surface area contributed by atoms with Gasteiger partial charge in [-0.3, -0.25) is 24.2 Å². The lowest BCUT2D eigenvalue weighted by Crippen LogP contribution is -2.51. The first kappa shape index (κ1) is 37.5. The second kappa shape index (κ2) is 15.6. The largest absolute Gasteiger partial charge is 0.483 e. The first-order chi connectivity index (χ1) is 24.6. The van der Waals surface area contributed by atoms with Gasteiger partial charge in [-0.15, -0.1) is 0 Å². The quantitative estimate of drug-likeness (QED) is 0.213. The fourth-order valence-corrected chi connectivity index (χ4v) is 5.01. The van der Waals surface area contributed by atoms with Gasteiger partial charge in [0.25, 0.3) is 11.8 Å². The molecule has 1 aromatic carbocycles. The number of ether oxygens (including phenoxy) is 1. The van der Waals surface area contributed by atoms with Crippen molar-refractivity contribution in [1.82, 2.24) is 29.9 Å². The summed E-state index contributed by atoms with van der Waals surface area (Å²) in [6.07, 6.45) is -3.69. The van der Waals surface area contributed by atoms with Crippen molar-refractivity contribution in [3.8, 4) is 5.75 Å². The van der Waals surface area contributed by atoms with Crippen molar-refractivity contribution in [3.63, 3.8) is 0 Å². The van der Waals surface area contributed by atoms with Crippen LogP contribution in [-0.2, 0) is 27.2 Å². The summed E-state index contributed by atoms with van der Waals surface area (Å²) < 4.78 is 78.0. The highest BCUT2D eigenvalue weighted by Gasteiger charge is 2.54. The van der Waals surface area contributed by atoms with E-state index in [4.69, 9.17) is 20.9 Å². The summed E-state index contributed by atoms with van der Waals surface area (Å²) in [5.74, 6) is -5.53. The smallest absolute Gasteiger partial charge is 0.458 e. The van der Waals surface area contributed by atoms with Gasteiger partial charge < -0.3 is 29.7 Å². The van der Waals surface area contributed by atoms with Gasteiger partial charge in [0, 0.05) is 44.1 Å². The molecule has 2 amide bonds. The van der Waals surface area contributed by atoms with E-state index in [0.29, 0.717) is 61.6 Å². The number of amides is 2. The number of nitrogens with zero attached hydrogens (tertiary/aromatic N) is 6. The van der Waals surface area contributed by atoms with Crippen LogP contribution in [0.1, 0.15) is 21.7 Å². The number of aromatic nitrogens is 4. The van der Waals surface area contributed by atoms with Crippen molar-refractivity contribution in [2.75, 3.05) is 43.4 Å². The van der Waals surface area contributed by atoms with E-state index in [9.17, 15) is 45.5 Å². The van der Waals surface area contributed by atoms with E-state index < -0.39 is 23.9 Å². The molecule has 0 aliphatic carbocycles. The maximum absolute atomic E-state index is 13.0. The zero-order valence-corrected chi connectivity index (χ0v) is 27.2. The van der Waals surface area contributed by atoms with Crippen LogP contribution in [0.3, 0.4) is 0 Å². The minimum Gasteiger partial charge on any atom is -0.483 e. The van der Waals surface area contributed by atoms with Gasteiger partial charge in [-0.25, -0.2) is 4.98 Å². The van der Waals surface area contributed by atoms with Crippen LogP contribution in [0.2, 0.25) is 5.02 Å². The number of carbonyl (C=O) groups is 4. The van der Waals surface area contributed by atoms with Crippen LogP contribution in [-0.4, -0.2) is 98.4 Å². The van der Waals surface area contributed by atoms with Crippen molar-refractivity contribution in [2.45, 2.75) is 25.2 Å². The molecule has 2 aliphatic rings. The van der Waals surface area contributed by atoms with Crippen LogP contribution in [0, 0.1) is 0 Å². The molecule has 21 heteroatoms. The van der Waals surface area contributed by atoms with Gasteiger partial charge in [0.1, 0.15) is 10.8 Å². The number of pyridine rings is 1. The van der Waals surface area contributed by atoms with Gasteiger partial charge >= 0.3 is 23.9 Å². The SMILES string of the molecule is O=C(C(=O)C(F)(F)F)C(F)(F)F.O=C(COc1ccc2cc1CCc1cncc(c1)Nc1ncc(Cl)c(n1)N2)N1CCN(C(=O)c2ccno2)CC1. The molecule has 0 spiro atoms. The van der Waals surface area contributed by atoms with Crippen LogP contribution in [0.25, 0.3) is 0 Å². The topological polar surface area (TPSA) is 173 Å². The number of halogens is 7. The van der Waals surface area contributed by atoms with E-state index >= 15 is 0 Å². The first-order valence-electron chi connectivity index (χ1n) is 15.0. The summed E-state index contributed by atoms with van der Waals surface area (Å²) in [5.41, 5.74) is 3.48. The number of carbonyl (C=O) groups excluding carboxylic acids is 4. The number of aryl methyl sites for hydroxylation is 2. The van der Waals surface area contributed by atoms with Gasteiger partial charge in [-0.05, 0) is 48.2 Å². The molecule has 0 saturated carbocycles. The number of Topliss-reactive ketones (excluding diaryl/α,β-unsaturated/α-hetero) is 2. The first-order valence-corrected chi connectivity index (χ1v) is 15.4. The van der Waals surface area contributed by atoms with Gasteiger partial charge in [0.05, 0.1) is 24.3 Å². The molecule has 52 heavy (non-hydrogen) atoms. The fraction of sp³-hybridized carbons (Fsp3) is 0.290. The number of rotatable bonds is 5. The molecule has 0 unspecified atom stereocenters. The molecule has 0 atom stereocenters. The second-order valence-electron chi connectivity index (χ2n) is 11.0. The average molecular weight is 755 g/mol. The van der Waals surface area contributed by atoms with Gasteiger partial charge in [0.2, 0.25) is 11.7 Å². The molecule has 6 rings (SSSR count). The number of piperazine rings is 1. The zero-order chi connectivity index (χ0) is 37.6. The highest BCUT2D eigenvalue weighted by Crippen LogP contribution is 2.30. The predicted octanol–water partition coefficient (Wildman–Crippen LogP) is 4.71. The van der Waals surface area contributed by atoms with E-state index in [-0.39, 0.29) is 24.2 Å². The molecular weight excluding hydrogens is 730 g/mol. The van der Waals surface area contributed by atoms with Crippen LogP contribution >= 0.6 is 11.6 Å². The lowest BCUT2D eigenvalue weighted by atomic mass is 10.0. The van der Waals surface area contributed by atoms with Crippen molar-refractivity contribution in [2.24, 2.45) is 0 Å². The van der Waals surface area contributed by atoms with E-state index in [2.05, 4.69) is 30.7 Å². The highest BCUT2D eigenvalue weighted by molar-refractivity contribution is 6.41. The van der Waals surface area contributed by atoms with Crippen molar-refractivity contribution < 1.29 is 54.8 Å². The van der Waals surface area contributed by atoms with E-state index in [1.54, 1.807) is 16.0 Å². The Morgan fingerprint density at radius 3 is 2.19 bits per heavy atom. The van der Waals surface area contributed by atoms with E-state index in [1.807, 2.05) is 30.5 Å². The number of hydrogen-bond acceptors (Lipinski definition) is 12. The standard InChI is InChI=1S/C27H25ClN8O4.C4F6O2/c28-21-15-30-27-33-20-11-17(13-29-14-20)1-2-18-12-19(32-25(21)34-27)3-4-22(18)39-16-24(37)35-7-9-36(10-8-35)26(38)23-5-6-31-40-23;5-3(6,7)1(11)2(12)4(8,9)10/h3-6,11-15H,1-2,7-10,16H2,(H2,30,32,33,34);. The number of nitrogens with one attached hydrogen (secondary N) is 2. The second-order valence-corrected chi connectivity index (χ2v) is 11.4. The Bertz CT molecular complexity index is 1930. The van der Waals surface area contributed by atoms with Crippen LogP contribution in [0.15, 0.2) is 59.6 Å². The van der Waals surface area contributed by atoms with Crippen molar-refractivity contribution in [3.05, 3.63) is 77.0 Å².